The van der Waals surface area contributed by atoms with Crippen molar-refractivity contribution >= 4 is 65.6 Å². The van der Waals surface area contributed by atoms with Crippen LogP contribution in [-0.2, 0) is 16.6 Å². The molecule has 0 atom stereocenters. The molecule has 0 radical (unpaired) electrons. The number of thiocarbonyl (C=S) groups is 1. The molecule has 0 bridgehead atoms. The van der Waals surface area contributed by atoms with E-state index < -0.39 is 10.0 Å². The Balaban J connectivity index is 1.66. The molecule has 33 heavy (non-hydrogen) atoms. The van der Waals surface area contributed by atoms with Crippen molar-refractivity contribution in [3.05, 3.63) is 82.8 Å². The lowest BCUT2D eigenvalue weighted by atomic mass is 10.2. The lowest BCUT2D eigenvalue weighted by molar-refractivity contribution is 0.429. The Morgan fingerprint density at radius 2 is 1.82 bits per heavy atom. The van der Waals surface area contributed by atoms with Gasteiger partial charge in [0, 0.05) is 15.5 Å². The number of azo groups is 1. The third-order valence-corrected chi connectivity index (χ3v) is 6.55. The molecular formula is C22H18BrN5O3S2. The van der Waals surface area contributed by atoms with Crippen LogP contribution in [0.4, 0.5) is 11.4 Å². The van der Waals surface area contributed by atoms with Gasteiger partial charge in [-0.05, 0) is 58.0 Å². The van der Waals surface area contributed by atoms with Gasteiger partial charge in [0.05, 0.1) is 17.0 Å². The van der Waals surface area contributed by atoms with Crippen LogP contribution in [0.5, 0.6) is 5.88 Å². The van der Waals surface area contributed by atoms with Crippen molar-refractivity contribution in [3.8, 4) is 5.88 Å². The minimum Gasteiger partial charge on any atom is -0.493 e. The molecule has 0 unspecified atom stereocenters. The Hall–Kier alpha value is -3.12. The average molecular weight is 544 g/mol. The van der Waals surface area contributed by atoms with Gasteiger partial charge in [-0.25, -0.2) is 13.6 Å². The SMILES string of the molecule is NS(=O)(=O)c1cccc(NC(=S)N=Nc2c(O)n(Cc3ccccc3)c3c(Br)cccc23)c1. The summed E-state index contributed by atoms with van der Waals surface area (Å²) < 4.78 is 25.6. The highest BCUT2D eigenvalue weighted by atomic mass is 79.9. The van der Waals surface area contributed by atoms with Crippen LogP contribution in [0.15, 0.2) is 92.4 Å². The van der Waals surface area contributed by atoms with Gasteiger partial charge in [0.25, 0.3) is 0 Å². The van der Waals surface area contributed by atoms with Crippen molar-refractivity contribution in [2.24, 2.45) is 15.4 Å². The first-order valence-corrected chi connectivity index (χ1v) is 12.4. The molecule has 168 valence electrons. The first kappa shape index (κ1) is 23.1. The van der Waals surface area contributed by atoms with Crippen LogP contribution >= 0.6 is 28.1 Å². The van der Waals surface area contributed by atoms with Crippen molar-refractivity contribution < 1.29 is 13.5 Å². The number of primary sulfonamides is 1. The van der Waals surface area contributed by atoms with E-state index in [9.17, 15) is 13.5 Å². The molecule has 0 fully saturated rings. The number of aromatic hydroxyl groups is 1. The molecule has 4 aromatic rings. The Kier molecular flexibility index (Phi) is 6.56. The van der Waals surface area contributed by atoms with E-state index >= 15 is 0 Å². The van der Waals surface area contributed by atoms with Crippen LogP contribution in [0.3, 0.4) is 0 Å². The summed E-state index contributed by atoms with van der Waals surface area (Å²) in [6.45, 7) is 0.435. The van der Waals surface area contributed by atoms with Crippen molar-refractivity contribution in [2.75, 3.05) is 5.32 Å². The number of aromatic nitrogens is 1. The van der Waals surface area contributed by atoms with Crippen molar-refractivity contribution in [2.45, 2.75) is 11.4 Å². The van der Waals surface area contributed by atoms with E-state index in [1.807, 2.05) is 48.5 Å². The summed E-state index contributed by atoms with van der Waals surface area (Å²) in [6, 6.07) is 21.2. The minimum atomic E-state index is -3.85. The van der Waals surface area contributed by atoms with E-state index in [0.717, 1.165) is 15.6 Å². The summed E-state index contributed by atoms with van der Waals surface area (Å²) in [6.07, 6.45) is 0. The zero-order valence-corrected chi connectivity index (χ0v) is 20.2. The molecule has 1 aromatic heterocycles. The third kappa shape index (κ3) is 5.11. The summed E-state index contributed by atoms with van der Waals surface area (Å²) in [4.78, 5) is -0.0567. The van der Waals surface area contributed by atoms with Gasteiger partial charge in [-0.15, -0.1) is 10.2 Å². The van der Waals surface area contributed by atoms with E-state index in [1.165, 1.54) is 18.2 Å². The number of benzene rings is 3. The molecule has 11 heteroatoms. The number of nitrogens with two attached hydrogens (primary N) is 1. The molecular weight excluding hydrogens is 526 g/mol. The number of hydrogen-bond acceptors (Lipinski definition) is 5. The summed E-state index contributed by atoms with van der Waals surface area (Å²) in [5.41, 5.74) is 2.44. The summed E-state index contributed by atoms with van der Waals surface area (Å²) in [7, 11) is -3.85. The van der Waals surface area contributed by atoms with Gasteiger partial charge in [-0.1, -0.05) is 48.5 Å². The molecule has 0 amide bonds. The number of fused-ring (bicyclic) bond motifs is 1. The Morgan fingerprint density at radius 3 is 2.55 bits per heavy atom. The van der Waals surface area contributed by atoms with Gasteiger partial charge in [-0.2, -0.15) is 0 Å². The number of nitrogens with zero attached hydrogens (tertiary/aromatic N) is 3. The van der Waals surface area contributed by atoms with Gasteiger partial charge in [0.15, 0.2) is 5.69 Å². The topological polar surface area (TPSA) is 122 Å². The second-order valence-electron chi connectivity index (χ2n) is 7.08. The van der Waals surface area contributed by atoms with Gasteiger partial charge in [0.2, 0.25) is 21.0 Å². The van der Waals surface area contributed by atoms with Gasteiger partial charge < -0.3 is 15.0 Å². The van der Waals surface area contributed by atoms with E-state index in [0.29, 0.717) is 17.6 Å². The second kappa shape index (κ2) is 9.40. The summed E-state index contributed by atoms with van der Waals surface area (Å²) in [5, 5.41) is 27.8. The Labute approximate surface area is 203 Å². The molecule has 0 aliphatic rings. The van der Waals surface area contributed by atoms with Crippen LogP contribution in [0.25, 0.3) is 10.9 Å². The average Bonchev–Trinajstić information content (AvgIpc) is 3.04. The van der Waals surface area contributed by atoms with Crippen LogP contribution in [-0.4, -0.2) is 23.2 Å². The lowest BCUT2D eigenvalue weighted by Crippen LogP contribution is -2.13. The summed E-state index contributed by atoms with van der Waals surface area (Å²) in [5.74, 6) is -0.0523. The van der Waals surface area contributed by atoms with E-state index in [-0.39, 0.29) is 21.6 Å². The predicted molar refractivity (Wildman–Crippen MR) is 135 cm³/mol. The maximum Gasteiger partial charge on any atom is 0.238 e. The number of anilines is 1. The minimum absolute atomic E-state index is 0.0140. The zero-order chi connectivity index (χ0) is 23.6. The molecule has 0 aliphatic heterocycles. The maximum atomic E-state index is 11.5. The van der Waals surface area contributed by atoms with Crippen LogP contribution in [0.1, 0.15) is 5.56 Å². The highest BCUT2D eigenvalue weighted by Crippen LogP contribution is 2.42. The fourth-order valence-electron chi connectivity index (χ4n) is 3.35. The van der Waals surface area contributed by atoms with E-state index in [1.54, 1.807) is 10.6 Å². The van der Waals surface area contributed by atoms with Crippen LogP contribution in [0, 0.1) is 0 Å². The Morgan fingerprint density at radius 1 is 1.09 bits per heavy atom. The molecule has 0 spiro atoms. The molecule has 8 nitrogen and oxygen atoms in total. The summed E-state index contributed by atoms with van der Waals surface area (Å²) >= 11 is 8.78. The first-order chi connectivity index (χ1) is 15.7. The van der Waals surface area contributed by atoms with E-state index in [4.69, 9.17) is 17.4 Å². The fourth-order valence-corrected chi connectivity index (χ4v) is 4.65. The molecule has 4 rings (SSSR count). The van der Waals surface area contributed by atoms with Gasteiger partial charge in [-0.3, -0.25) is 0 Å². The fraction of sp³-hybridized carbons (Fsp3) is 0.0455. The van der Waals surface area contributed by atoms with Crippen molar-refractivity contribution in [1.29, 1.82) is 0 Å². The molecule has 0 saturated heterocycles. The van der Waals surface area contributed by atoms with Crippen LogP contribution < -0.4 is 10.5 Å². The largest absolute Gasteiger partial charge is 0.493 e. The maximum absolute atomic E-state index is 11.5. The zero-order valence-electron chi connectivity index (χ0n) is 17.0. The van der Waals surface area contributed by atoms with Crippen LogP contribution in [0.2, 0.25) is 0 Å². The number of rotatable bonds is 5. The normalized spacial score (nSPS) is 11.8. The Bertz CT molecular complexity index is 1480. The smallest absolute Gasteiger partial charge is 0.238 e. The molecule has 1 heterocycles. The third-order valence-electron chi connectivity index (χ3n) is 4.82. The number of hydrogen-bond donors (Lipinski definition) is 3. The highest BCUT2D eigenvalue weighted by Gasteiger charge is 2.19. The molecule has 4 N–H and O–H groups in total. The first-order valence-electron chi connectivity index (χ1n) is 9.63. The molecule has 3 aromatic carbocycles. The molecule has 0 saturated carbocycles. The molecule has 0 aliphatic carbocycles. The number of sulfonamides is 1. The monoisotopic (exact) mass is 543 g/mol. The number of nitrogens with one attached hydrogen (secondary N) is 1. The van der Waals surface area contributed by atoms with Gasteiger partial charge in [0.1, 0.15) is 0 Å². The van der Waals surface area contributed by atoms with Crippen molar-refractivity contribution in [3.63, 3.8) is 0 Å². The van der Waals surface area contributed by atoms with Crippen molar-refractivity contribution in [1.82, 2.24) is 4.57 Å². The predicted octanol–water partition coefficient (Wildman–Crippen LogP) is 5.29. The second-order valence-corrected chi connectivity index (χ2v) is 9.89. The highest BCUT2D eigenvalue weighted by molar-refractivity contribution is 9.10. The quantitative estimate of drug-likeness (QED) is 0.233. The number of para-hydroxylation sites is 1. The van der Waals surface area contributed by atoms with Gasteiger partial charge >= 0.3 is 0 Å². The lowest BCUT2D eigenvalue weighted by Gasteiger charge is -2.08. The number of halogens is 1. The van der Waals surface area contributed by atoms with E-state index in [2.05, 4.69) is 31.5 Å². The standard InChI is InChI=1S/C22H18BrN5O3S2/c23-18-11-5-10-17-19(21(29)28(20(17)18)13-14-6-2-1-3-7-14)26-27-22(32)25-15-8-4-9-16(12-15)33(24,30)31/h1-12,29H,13H2,(H,25,32)(H2,24,30,31).